The van der Waals surface area contributed by atoms with Gasteiger partial charge in [0, 0.05) is 30.6 Å². The Bertz CT molecular complexity index is 448. The minimum absolute atomic E-state index is 0.143. The second-order valence-corrected chi connectivity index (χ2v) is 6.50. The predicted octanol–water partition coefficient (Wildman–Crippen LogP) is 2.54. The van der Waals surface area contributed by atoms with Crippen LogP contribution < -0.4 is 10.5 Å². The summed E-state index contributed by atoms with van der Waals surface area (Å²) in [5.74, 6) is 1.07. The SMILES string of the molecule is CN1CC(Oc2ccccc2C2(CN)CCCCC2)C1. The first kappa shape index (κ1) is 13.9. The summed E-state index contributed by atoms with van der Waals surface area (Å²) in [5, 5.41) is 0. The van der Waals surface area contributed by atoms with Crippen LogP contribution in [0.3, 0.4) is 0 Å². The van der Waals surface area contributed by atoms with Crippen LogP contribution in [0.1, 0.15) is 37.7 Å². The first-order chi connectivity index (χ1) is 9.73. The van der Waals surface area contributed by atoms with E-state index < -0.39 is 0 Å². The Labute approximate surface area is 122 Å². The number of nitrogens with zero attached hydrogens (tertiary/aromatic N) is 1. The fraction of sp³-hybridized carbons (Fsp3) is 0.647. The van der Waals surface area contributed by atoms with Gasteiger partial charge in [-0.2, -0.15) is 0 Å². The van der Waals surface area contributed by atoms with Gasteiger partial charge >= 0.3 is 0 Å². The van der Waals surface area contributed by atoms with Crippen molar-refractivity contribution in [3.8, 4) is 5.75 Å². The van der Waals surface area contributed by atoms with Gasteiger partial charge in [-0.25, -0.2) is 0 Å². The lowest BCUT2D eigenvalue weighted by atomic mass is 9.69. The number of hydrogen-bond donors (Lipinski definition) is 1. The van der Waals surface area contributed by atoms with Crippen LogP contribution in [0.4, 0.5) is 0 Å². The number of nitrogens with two attached hydrogens (primary N) is 1. The van der Waals surface area contributed by atoms with Crippen LogP contribution in [0.5, 0.6) is 5.75 Å². The van der Waals surface area contributed by atoms with Gasteiger partial charge in [0.05, 0.1) is 0 Å². The molecule has 1 saturated heterocycles. The maximum Gasteiger partial charge on any atom is 0.124 e. The number of rotatable bonds is 4. The van der Waals surface area contributed by atoms with Gasteiger partial charge in [0.2, 0.25) is 0 Å². The third-order valence-electron chi connectivity index (χ3n) is 4.98. The van der Waals surface area contributed by atoms with Gasteiger partial charge in [-0.05, 0) is 26.0 Å². The molecule has 3 nitrogen and oxygen atoms in total. The fourth-order valence-electron chi connectivity index (χ4n) is 3.72. The van der Waals surface area contributed by atoms with E-state index in [1.165, 1.54) is 37.7 Å². The molecule has 3 heteroatoms. The predicted molar refractivity (Wildman–Crippen MR) is 82.2 cm³/mol. The van der Waals surface area contributed by atoms with E-state index in [1.54, 1.807) is 0 Å². The van der Waals surface area contributed by atoms with Crippen LogP contribution in [0.25, 0.3) is 0 Å². The van der Waals surface area contributed by atoms with Crippen molar-refractivity contribution in [1.29, 1.82) is 0 Å². The van der Waals surface area contributed by atoms with E-state index >= 15 is 0 Å². The molecule has 2 fully saturated rings. The molecule has 1 heterocycles. The Morgan fingerprint density at radius 1 is 1.20 bits per heavy atom. The Morgan fingerprint density at radius 3 is 2.55 bits per heavy atom. The second-order valence-electron chi connectivity index (χ2n) is 6.50. The topological polar surface area (TPSA) is 38.5 Å². The average Bonchev–Trinajstić information content (AvgIpc) is 2.47. The lowest BCUT2D eigenvalue weighted by molar-refractivity contribution is 0.0369. The van der Waals surface area contributed by atoms with E-state index in [4.69, 9.17) is 10.5 Å². The van der Waals surface area contributed by atoms with Crippen LogP contribution in [0.2, 0.25) is 0 Å². The van der Waals surface area contributed by atoms with Crippen LogP contribution in [0, 0.1) is 0 Å². The van der Waals surface area contributed by atoms with Gasteiger partial charge in [-0.3, -0.25) is 4.90 Å². The normalized spacial score (nSPS) is 23.3. The molecule has 0 unspecified atom stereocenters. The van der Waals surface area contributed by atoms with Gasteiger partial charge in [0.25, 0.3) is 0 Å². The Balaban J connectivity index is 1.84. The minimum atomic E-state index is 0.143. The Kier molecular flexibility index (Phi) is 3.99. The summed E-state index contributed by atoms with van der Waals surface area (Å²) < 4.78 is 6.23. The Morgan fingerprint density at radius 2 is 1.90 bits per heavy atom. The van der Waals surface area contributed by atoms with Gasteiger partial charge in [0.1, 0.15) is 11.9 Å². The third kappa shape index (κ3) is 2.57. The summed E-state index contributed by atoms with van der Waals surface area (Å²) >= 11 is 0. The highest BCUT2D eigenvalue weighted by Gasteiger charge is 2.36. The molecular weight excluding hydrogens is 248 g/mol. The number of hydrogen-bond acceptors (Lipinski definition) is 3. The van der Waals surface area contributed by atoms with Crippen molar-refractivity contribution >= 4 is 0 Å². The van der Waals surface area contributed by atoms with Crippen molar-refractivity contribution in [3.05, 3.63) is 29.8 Å². The first-order valence-electron chi connectivity index (χ1n) is 7.88. The molecule has 1 aliphatic carbocycles. The van der Waals surface area contributed by atoms with Gasteiger partial charge < -0.3 is 10.5 Å². The molecule has 0 atom stereocenters. The van der Waals surface area contributed by atoms with Crippen molar-refractivity contribution in [2.24, 2.45) is 5.73 Å². The molecule has 3 rings (SSSR count). The van der Waals surface area contributed by atoms with Crippen molar-refractivity contribution < 1.29 is 4.74 Å². The maximum atomic E-state index is 6.23. The van der Waals surface area contributed by atoms with Crippen molar-refractivity contribution in [2.45, 2.75) is 43.6 Å². The molecule has 2 N–H and O–H groups in total. The van der Waals surface area contributed by atoms with E-state index in [0.717, 1.165) is 25.4 Å². The van der Waals surface area contributed by atoms with E-state index in [-0.39, 0.29) is 5.41 Å². The molecule has 0 bridgehead atoms. The second kappa shape index (κ2) is 5.74. The first-order valence-corrected chi connectivity index (χ1v) is 7.88. The molecule has 20 heavy (non-hydrogen) atoms. The summed E-state index contributed by atoms with van der Waals surface area (Å²) in [7, 11) is 2.13. The molecule has 1 saturated carbocycles. The smallest absolute Gasteiger partial charge is 0.124 e. The highest BCUT2D eigenvalue weighted by atomic mass is 16.5. The third-order valence-corrected chi connectivity index (χ3v) is 4.98. The van der Waals surface area contributed by atoms with Gasteiger partial charge in [-0.1, -0.05) is 37.5 Å². The lowest BCUT2D eigenvalue weighted by Crippen LogP contribution is -2.51. The monoisotopic (exact) mass is 274 g/mol. The standard InChI is InChI=1S/C17H26N2O/c1-19-11-14(12-19)20-16-8-4-3-7-15(16)17(13-18)9-5-2-6-10-17/h3-4,7-8,14H,2,5-6,9-13,18H2,1H3. The molecule has 0 aromatic heterocycles. The summed E-state index contributed by atoms with van der Waals surface area (Å²) in [4.78, 5) is 2.28. The largest absolute Gasteiger partial charge is 0.487 e. The van der Waals surface area contributed by atoms with Gasteiger partial charge in [0.15, 0.2) is 0 Å². The average molecular weight is 274 g/mol. The van der Waals surface area contributed by atoms with Crippen LogP contribution in [0.15, 0.2) is 24.3 Å². The molecular formula is C17H26N2O. The molecule has 0 amide bonds. The summed E-state index contributed by atoms with van der Waals surface area (Å²) in [6, 6.07) is 8.56. The van der Waals surface area contributed by atoms with Crippen molar-refractivity contribution in [2.75, 3.05) is 26.7 Å². The van der Waals surface area contributed by atoms with Crippen molar-refractivity contribution in [3.63, 3.8) is 0 Å². The molecule has 2 aliphatic rings. The number of likely N-dealkylation sites (tertiary alicyclic amines) is 1. The number of para-hydroxylation sites is 1. The van der Waals surface area contributed by atoms with E-state index in [2.05, 4.69) is 36.2 Å². The number of benzene rings is 1. The molecule has 1 aromatic rings. The molecule has 1 aromatic carbocycles. The summed E-state index contributed by atoms with van der Waals surface area (Å²) in [6.07, 6.45) is 6.68. The van der Waals surface area contributed by atoms with Crippen LogP contribution in [-0.2, 0) is 5.41 Å². The van der Waals surface area contributed by atoms with Crippen LogP contribution in [-0.4, -0.2) is 37.7 Å². The minimum Gasteiger partial charge on any atom is -0.487 e. The Hall–Kier alpha value is -1.06. The quantitative estimate of drug-likeness (QED) is 0.917. The van der Waals surface area contributed by atoms with E-state index in [1.807, 2.05) is 0 Å². The van der Waals surface area contributed by atoms with E-state index in [0.29, 0.717) is 6.10 Å². The fourth-order valence-corrected chi connectivity index (χ4v) is 3.72. The zero-order valence-corrected chi connectivity index (χ0v) is 12.5. The molecule has 1 aliphatic heterocycles. The van der Waals surface area contributed by atoms with Crippen LogP contribution >= 0.6 is 0 Å². The zero-order chi connectivity index (χ0) is 14.0. The highest BCUT2D eigenvalue weighted by molar-refractivity contribution is 5.40. The highest BCUT2D eigenvalue weighted by Crippen LogP contribution is 2.42. The summed E-state index contributed by atoms with van der Waals surface area (Å²) in [6.45, 7) is 2.80. The molecule has 110 valence electrons. The van der Waals surface area contributed by atoms with Gasteiger partial charge in [-0.15, -0.1) is 0 Å². The van der Waals surface area contributed by atoms with E-state index in [9.17, 15) is 0 Å². The number of ether oxygens (including phenoxy) is 1. The molecule has 0 spiro atoms. The lowest BCUT2D eigenvalue weighted by Gasteiger charge is -2.40. The maximum absolute atomic E-state index is 6.23. The van der Waals surface area contributed by atoms with Crippen molar-refractivity contribution in [1.82, 2.24) is 4.90 Å². The number of likely N-dealkylation sites (N-methyl/N-ethyl adjacent to an activating group) is 1. The zero-order valence-electron chi connectivity index (χ0n) is 12.5. The molecule has 0 radical (unpaired) electrons. The summed E-state index contributed by atoms with van der Waals surface area (Å²) in [5.41, 5.74) is 7.66.